The number of aromatic nitrogens is 1. The Hall–Kier alpha value is -3.02. The van der Waals surface area contributed by atoms with Crippen LogP contribution in [-0.2, 0) is 0 Å². The van der Waals surface area contributed by atoms with E-state index in [0.29, 0.717) is 11.4 Å². The third-order valence-corrected chi connectivity index (χ3v) is 2.81. The van der Waals surface area contributed by atoms with Crippen molar-refractivity contribution in [1.82, 2.24) is 4.98 Å². The van der Waals surface area contributed by atoms with Crippen LogP contribution in [0.25, 0.3) is 0 Å². The minimum Gasteiger partial charge on any atom is -0.411 e. The third-order valence-electron chi connectivity index (χ3n) is 2.81. The molecule has 2 aromatic rings. The minimum absolute atomic E-state index is 0.216. The molecule has 114 valence electrons. The first-order chi connectivity index (χ1) is 10.7. The maximum atomic E-state index is 8.58. The first-order valence-electron chi connectivity index (χ1n) is 6.55. The number of nitrogens with one attached hydrogen (secondary N) is 1. The monoisotopic (exact) mass is 298 g/mol. The lowest BCUT2D eigenvalue weighted by Crippen LogP contribution is -2.09. The minimum atomic E-state index is -0.216. The number of pyridine rings is 1. The molecule has 0 aliphatic rings. The van der Waals surface area contributed by atoms with Gasteiger partial charge in [0.05, 0.1) is 23.5 Å². The van der Waals surface area contributed by atoms with E-state index in [1.165, 1.54) is 12.4 Å². The summed E-state index contributed by atoms with van der Waals surface area (Å²) in [4.78, 5) is 3.86. The zero-order valence-corrected chi connectivity index (χ0v) is 12.2. The largest absolute Gasteiger partial charge is 0.411 e. The van der Waals surface area contributed by atoms with E-state index >= 15 is 0 Å². The second kappa shape index (κ2) is 9.82. The van der Waals surface area contributed by atoms with Crippen molar-refractivity contribution in [3.63, 3.8) is 0 Å². The molecule has 22 heavy (non-hydrogen) atoms. The lowest BCUT2D eigenvalue weighted by Gasteiger charge is -2.09. The van der Waals surface area contributed by atoms with Crippen LogP contribution in [0.3, 0.4) is 0 Å². The predicted octanol–water partition coefficient (Wildman–Crippen LogP) is 3.16. The summed E-state index contributed by atoms with van der Waals surface area (Å²) in [7, 11) is 0. The van der Waals surface area contributed by atoms with E-state index in [0.717, 1.165) is 5.56 Å². The molecule has 0 radical (unpaired) electrons. The van der Waals surface area contributed by atoms with Gasteiger partial charge in [0.1, 0.15) is 0 Å². The summed E-state index contributed by atoms with van der Waals surface area (Å²) in [6.45, 7) is 1.70. The average molecular weight is 298 g/mol. The van der Waals surface area contributed by atoms with Crippen LogP contribution in [0, 0.1) is 5.41 Å². The highest BCUT2D eigenvalue weighted by Gasteiger charge is 2.11. The van der Waals surface area contributed by atoms with E-state index in [2.05, 4.69) is 15.3 Å². The number of benzene rings is 1. The van der Waals surface area contributed by atoms with Gasteiger partial charge in [0.15, 0.2) is 0 Å². The molecule has 3 N–H and O–H groups in total. The van der Waals surface area contributed by atoms with Gasteiger partial charge in [-0.25, -0.2) is 0 Å². The van der Waals surface area contributed by atoms with Crippen molar-refractivity contribution in [3.05, 3.63) is 66.0 Å². The van der Waals surface area contributed by atoms with Gasteiger partial charge in [-0.05, 0) is 24.6 Å². The fourth-order valence-electron chi connectivity index (χ4n) is 1.69. The smallest absolute Gasteiger partial charge is 0.0918 e. The number of nitrogens with zero attached hydrogens (tertiary/aromatic N) is 3. The summed E-state index contributed by atoms with van der Waals surface area (Å²) in [5.41, 5.74) is 2.15. The summed E-state index contributed by atoms with van der Waals surface area (Å²) in [5.74, 6) is -0.216. The Bertz CT molecular complexity index is 613. The van der Waals surface area contributed by atoms with Gasteiger partial charge in [-0.2, -0.15) is 0 Å². The van der Waals surface area contributed by atoms with Crippen molar-refractivity contribution in [2.24, 2.45) is 10.3 Å². The Morgan fingerprint density at radius 3 is 2.32 bits per heavy atom. The van der Waals surface area contributed by atoms with Crippen LogP contribution in [0.4, 0.5) is 0 Å². The number of rotatable bonds is 4. The van der Waals surface area contributed by atoms with Gasteiger partial charge in [-0.15, -0.1) is 0 Å². The molecule has 0 saturated carbocycles. The molecule has 0 spiro atoms. The first kappa shape index (κ1) is 17.0. The van der Waals surface area contributed by atoms with Gasteiger partial charge in [0.2, 0.25) is 0 Å². The molecule has 0 bridgehead atoms. The van der Waals surface area contributed by atoms with E-state index in [9.17, 15) is 0 Å². The van der Waals surface area contributed by atoms with Crippen molar-refractivity contribution in [2.45, 2.75) is 12.8 Å². The summed E-state index contributed by atoms with van der Waals surface area (Å²) >= 11 is 0. The standard InChI is InChI=1S/C10H12N2O.C6H6N2O/c1-8(12-13)10(7-11)9-5-3-2-4-6-9;9-8-5-6-3-1-2-4-7-6/h2-7,10-11,13H,1H3;1-5,9H. The highest BCUT2D eigenvalue weighted by molar-refractivity contribution is 6.01. The van der Waals surface area contributed by atoms with Gasteiger partial charge < -0.3 is 15.8 Å². The van der Waals surface area contributed by atoms with Crippen molar-refractivity contribution >= 4 is 18.1 Å². The van der Waals surface area contributed by atoms with Gasteiger partial charge in [-0.3, -0.25) is 4.98 Å². The second-order valence-corrected chi connectivity index (χ2v) is 4.30. The van der Waals surface area contributed by atoms with Crippen LogP contribution >= 0.6 is 0 Å². The van der Waals surface area contributed by atoms with Crippen LogP contribution in [0.15, 0.2) is 65.0 Å². The van der Waals surface area contributed by atoms with Crippen LogP contribution in [0.2, 0.25) is 0 Å². The molecular formula is C16H18N4O2. The molecule has 1 aromatic heterocycles. The molecule has 1 unspecified atom stereocenters. The number of hydrogen-bond acceptors (Lipinski definition) is 6. The Labute approximate surface area is 129 Å². The van der Waals surface area contributed by atoms with Crippen LogP contribution in [0.5, 0.6) is 0 Å². The van der Waals surface area contributed by atoms with E-state index in [1.807, 2.05) is 36.4 Å². The quantitative estimate of drug-likeness (QED) is 0.459. The molecule has 1 aromatic carbocycles. The molecule has 0 aliphatic carbocycles. The van der Waals surface area contributed by atoms with Gasteiger partial charge in [0, 0.05) is 12.4 Å². The molecule has 0 saturated heterocycles. The topological polar surface area (TPSA) is 102 Å². The predicted molar refractivity (Wildman–Crippen MR) is 86.5 cm³/mol. The van der Waals surface area contributed by atoms with Crippen molar-refractivity contribution < 1.29 is 10.4 Å². The summed E-state index contributed by atoms with van der Waals surface area (Å²) in [6.07, 6.45) is 4.18. The zero-order chi connectivity index (χ0) is 16.2. The Kier molecular flexibility index (Phi) is 7.60. The van der Waals surface area contributed by atoms with E-state index in [1.54, 1.807) is 25.3 Å². The highest BCUT2D eigenvalue weighted by Crippen LogP contribution is 2.14. The average Bonchev–Trinajstić information content (AvgIpc) is 2.58. The summed E-state index contributed by atoms with van der Waals surface area (Å²) in [5, 5.41) is 29.8. The fourth-order valence-corrected chi connectivity index (χ4v) is 1.69. The molecule has 6 nitrogen and oxygen atoms in total. The molecule has 6 heteroatoms. The van der Waals surface area contributed by atoms with E-state index < -0.39 is 0 Å². The SMILES string of the molecule is CC(=NO)C(C=N)c1ccccc1.ON=Cc1ccccn1. The molecular weight excluding hydrogens is 280 g/mol. The second-order valence-electron chi connectivity index (χ2n) is 4.30. The lowest BCUT2D eigenvalue weighted by molar-refractivity contribution is 0.317. The fraction of sp³-hybridized carbons (Fsp3) is 0.125. The van der Waals surface area contributed by atoms with Crippen molar-refractivity contribution in [1.29, 1.82) is 5.41 Å². The van der Waals surface area contributed by atoms with Crippen molar-refractivity contribution in [3.8, 4) is 0 Å². The molecule has 1 heterocycles. The molecule has 2 rings (SSSR count). The van der Waals surface area contributed by atoms with Gasteiger partial charge in [0.25, 0.3) is 0 Å². The zero-order valence-electron chi connectivity index (χ0n) is 12.2. The third kappa shape index (κ3) is 5.54. The Morgan fingerprint density at radius 1 is 1.14 bits per heavy atom. The Balaban J connectivity index is 0.000000235. The van der Waals surface area contributed by atoms with Gasteiger partial charge >= 0.3 is 0 Å². The maximum Gasteiger partial charge on any atom is 0.0918 e. The highest BCUT2D eigenvalue weighted by atomic mass is 16.4. The molecule has 0 aliphatic heterocycles. The van der Waals surface area contributed by atoms with Crippen LogP contribution < -0.4 is 0 Å². The molecule has 1 atom stereocenters. The number of oxime groups is 2. The molecule has 0 fully saturated rings. The normalized spacial score (nSPS) is 12.3. The summed E-state index contributed by atoms with van der Waals surface area (Å²) < 4.78 is 0. The van der Waals surface area contributed by atoms with Gasteiger partial charge in [-0.1, -0.05) is 46.7 Å². The Morgan fingerprint density at radius 2 is 1.82 bits per heavy atom. The maximum absolute atomic E-state index is 8.58. The van der Waals surface area contributed by atoms with E-state index in [-0.39, 0.29) is 5.92 Å². The number of hydrogen-bond donors (Lipinski definition) is 3. The van der Waals surface area contributed by atoms with Crippen LogP contribution in [-0.4, -0.2) is 33.5 Å². The summed E-state index contributed by atoms with van der Waals surface area (Å²) in [6, 6.07) is 14.9. The first-order valence-corrected chi connectivity index (χ1v) is 6.55. The van der Waals surface area contributed by atoms with Crippen molar-refractivity contribution in [2.75, 3.05) is 0 Å². The lowest BCUT2D eigenvalue weighted by atomic mass is 9.96. The molecule has 0 amide bonds. The van der Waals surface area contributed by atoms with E-state index in [4.69, 9.17) is 15.8 Å². The van der Waals surface area contributed by atoms with Crippen LogP contribution in [0.1, 0.15) is 24.1 Å².